The van der Waals surface area contributed by atoms with Gasteiger partial charge in [0.2, 0.25) is 11.8 Å². The highest BCUT2D eigenvalue weighted by Crippen LogP contribution is 2.42. The largest absolute Gasteiger partial charge is 0.463 e. The van der Waals surface area contributed by atoms with Gasteiger partial charge in [-0.1, -0.05) is 97.1 Å². The number of amides is 2. The van der Waals surface area contributed by atoms with Gasteiger partial charge in [0.05, 0.1) is 49.8 Å². The van der Waals surface area contributed by atoms with Crippen molar-refractivity contribution in [2.75, 3.05) is 39.6 Å². The maximum absolute atomic E-state index is 14.4. The molecule has 6 fully saturated rings. The summed E-state index contributed by atoms with van der Waals surface area (Å²) in [6.07, 6.45) is -50.8. The van der Waals surface area contributed by atoms with Crippen molar-refractivity contribution in [3.8, 4) is 0 Å². The van der Waals surface area contributed by atoms with Crippen molar-refractivity contribution in [1.29, 1.82) is 0 Å². The second-order valence-electron chi connectivity index (χ2n) is 33.3. The second kappa shape index (κ2) is 53.1. The van der Waals surface area contributed by atoms with Gasteiger partial charge in [-0.15, -0.1) is 0 Å². The minimum absolute atomic E-state index is 0.00861. The van der Waals surface area contributed by atoms with Crippen LogP contribution < -0.4 is 10.6 Å². The molecule has 0 spiro atoms. The molecule has 6 aliphatic rings. The summed E-state index contributed by atoms with van der Waals surface area (Å²) in [5.74, 6) is -15.3. The molecule has 0 aromatic heterocycles. The summed E-state index contributed by atoms with van der Waals surface area (Å²) >= 11 is 0. The van der Waals surface area contributed by atoms with E-state index in [2.05, 4.69) is 10.6 Å². The second-order valence-corrected chi connectivity index (χ2v) is 33.3. The number of esters is 14. The van der Waals surface area contributed by atoms with E-state index in [4.69, 9.17) is 133 Å². The molecule has 2 N–H and O–H groups in total. The van der Waals surface area contributed by atoms with Gasteiger partial charge in [-0.05, 0) is 55.7 Å². The first-order valence-corrected chi connectivity index (χ1v) is 45.2. The maximum Gasteiger partial charge on any atom is 0.338 e. The van der Waals surface area contributed by atoms with Crippen LogP contribution in [-0.2, 0) is 213 Å². The van der Waals surface area contributed by atoms with Crippen molar-refractivity contribution in [2.45, 2.75) is 315 Å². The molecule has 2 amide bonds. The van der Waals surface area contributed by atoms with E-state index in [1.807, 2.05) is 0 Å². The lowest BCUT2D eigenvalue weighted by Crippen LogP contribution is -2.70. The molecule has 0 saturated carbocycles. The van der Waals surface area contributed by atoms with E-state index in [1.54, 1.807) is 72.8 Å². The van der Waals surface area contributed by atoms with Crippen LogP contribution in [0.4, 0.5) is 0 Å². The molecule has 6 aliphatic heterocycles. The molecule has 46 nitrogen and oxygen atoms in total. The first-order valence-electron chi connectivity index (χ1n) is 45.2. The van der Waals surface area contributed by atoms with Crippen molar-refractivity contribution in [1.82, 2.24) is 10.6 Å². The fourth-order valence-electron chi connectivity index (χ4n) is 16.5. The Bertz CT molecular complexity index is 4600. The van der Waals surface area contributed by atoms with Gasteiger partial charge >= 0.3 is 83.6 Å². The van der Waals surface area contributed by atoms with Crippen LogP contribution in [0.5, 0.6) is 0 Å². The Morgan fingerprint density at radius 2 is 0.496 bits per heavy atom. The highest BCUT2D eigenvalue weighted by atomic mass is 16.8. The summed E-state index contributed by atoms with van der Waals surface area (Å²) in [6.45, 7) is 12.1. The highest BCUT2D eigenvalue weighted by Gasteiger charge is 2.63. The third kappa shape index (κ3) is 32.4. The highest BCUT2D eigenvalue weighted by molar-refractivity contribution is 5.90. The van der Waals surface area contributed by atoms with E-state index in [0.717, 1.165) is 96.9 Å². The smallest absolute Gasteiger partial charge is 0.338 e. The van der Waals surface area contributed by atoms with Crippen LogP contribution in [0.15, 0.2) is 121 Å². The number of hydrogen-bond acceptors (Lipinski definition) is 44. The summed E-state index contributed by atoms with van der Waals surface area (Å²) in [5, 5.41) is 5.59. The Balaban J connectivity index is 1.12. The molecule has 0 aliphatic carbocycles. The Kier molecular flexibility index (Phi) is 41.7. The molecule has 4 aromatic carbocycles. The first-order chi connectivity index (χ1) is 67.1. The summed E-state index contributed by atoms with van der Waals surface area (Å²) in [4.78, 5) is 216. The lowest BCUT2D eigenvalue weighted by molar-refractivity contribution is -0.377. The van der Waals surface area contributed by atoms with Crippen molar-refractivity contribution >= 4 is 95.4 Å². The molecule has 141 heavy (non-hydrogen) atoms. The Morgan fingerprint density at radius 1 is 0.248 bits per heavy atom. The van der Waals surface area contributed by atoms with Crippen LogP contribution in [0.2, 0.25) is 0 Å². The Hall–Kier alpha value is -12.2. The van der Waals surface area contributed by atoms with Gasteiger partial charge in [-0.2, -0.15) is 0 Å². The third-order valence-electron chi connectivity index (χ3n) is 22.0. The SMILES string of the molecule is CC(=O)N[C@H]1[C@@H](OCCCO[C@H]2O[C@H](COC(=O)c3ccccc3)[C@@H](O[C@@H]3O[C@H](COC(C)=O)[C@H](OC(C)=O)[C@H](OC(C)=O)[C@H]3OC(C)=O)[C@H](O[C@@H]3O[C@@H](C)[C@@H](OC(C)=O)[C@@H](OC(C)=O)[C@@H]3OCc3ccccc3)[C@H]2NC(C)=O)O[C@H](COC(=O)c2ccccc2)[C@@H](O[C@@H]2O[C@H](COC(C)=O)[C@H](OC(C)=O)[C@H](OC(C)=O)[C@H]2OC(C)=O)[C@@H]1O[C@@H]1O[C@@H](C)[C@@H](OC(C)=O)[C@@H](OC(C)=O)[C@@H]1OCc1ccccc1. The fraction of sp³-hybridized carbons (Fsp3) is 0.579. The average Bonchev–Trinajstić information content (AvgIpc) is 0.758. The van der Waals surface area contributed by atoms with E-state index in [-0.39, 0.29) is 30.8 Å². The quantitative estimate of drug-likeness (QED) is 0.0363. The monoisotopic (exact) mass is 1990 g/mol. The minimum Gasteiger partial charge on any atom is -0.463 e. The summed E-state index contributed by atoms with van der Waals surface area (Å²) in [5.41, 5.74) is 1.04. The van der Waals surface area contributed by atoms with Gasteiger partial charge in [0, 0.05) is 96.9 Å². The molecular formula is C95H118N2O44. The zero-order chi connectivity index (χ0) is 103. The van der Waals surface area contributed by atoms with E-state index in [0.29, 0.717) is 11.1 Å². The molecule has 6 saturated heterocycles. The number of carbonyl (C=O) groups is 16. The van der Waals surface area contributed by atoms with Gasteiger partial charge in [-0.3, -0.25) is 67.1 Å². The summed E-state index contributed by atoms with van der Waals surface area (Å²) < 4.78 is 177. The molecule has 46 heteroatoms. The van der Waals surface area contributed by atoms with E-state index < -0.39 is 319 Å². The fourth-order valence-corrected chi connectivity index (χ4v) is 16.5. The van der Waals surface area contributed by atoms with Crippen LogP contribution >= 0.6 is 0 Å². The molecule has 0 bridgehead atoms. The number of benzene rings is 4. The van der Waals surface area contributed by atoms with Gasteiger partial charge in [0.15, 0.2) is 98.8 Å². The number of hydrogen-bond donors (Lipinski definition) is 2. The van der Waals surface area contributed by atoms with Crippen molar-refractivity contribution < 1.29 is 209 Å². The predicted molar refractivity (Wildman–Crippen MR) is 467 cm³/mol. The van der Waals surface area contributed by atoms with Gasteiger partial charge in [0.25, 0.3) is 0 Å². The molecule has 30 atom stereocenters. The molecule has 0 radical (unpaired) electrons. The van der Waals surface area contributed by atoms with Crippen molar-refractivity contribution in [2.24, 2.45) is 0 Å². The molecule has 772 valence electrons. The summed E-state index contributed by atoms with van der Waals surface area (Å²) in [7, 11) is 0. The maximum atomic E-state index is 14.4. The van der Waals surface area contributed by atoms with Crippen molar-refractivity contribution in [3.05, 3.63) is 144 Å². The zero-order valence-electron chi connectivity index (χ0n) is 80.2. The molecule has 4 aromatic rings. The van der Waals surface area contributed by atoms with E-state index in [9.17, 15) is 76.7 Å². The van der Waals surface area contributed by atoms with Crippen LogP contribution in [0, 0.1) is 0 Å². The van der Waals surface area contributed by atoms with Crippen LogP contribution in [0.3, 0.4) is 0 Å². The standard InChI is InChI=1S/C95H118N2O44/c1-46-72(124-52(7)102)80(128-56(11)106)84(118-40-62-30-21-17-22-31-62)92(122-46)140-78-70(96-48(3)98)90(134-68(44-120-88(112)64-34-25-19-26-35-64)74(78)138-94-86(132-60(15)110)82(130-58(13)108)76(126-54(9)104)66(136-94)42-116-50(5)100)114-38-29-39-115-91-71(97-49(4)99)79(141-93-85(119-41-63-32-23-18-24-33-63)81(129-57(12)107)73(47(2)123-93)125-53(8)103)75(69(135-91)45-121-89(113)65-36-27-20-28-37-65)139-95-87(133-61(16)111)83(131-59(14)109)77(127-55(10)105)67(137-95)43-117-51(6)101/h17-28,30-37,46-47,66-87,90-95H,29,38-45H2,1-16H3,(H,96,98)(H,97,99)/t46-,47-,66+,67+,68+,69+,70+,71+,72+,73+,74+,75+,76-,77-,78+,79+,80+,81+,82-,83-,84-,85-,86+,87+,90-,91-,92-,93-,94-,95-/m0/s1. The zero-order valence-corrected chi connectivity index (χ0v) is 80.2. The molecule has 10 rings (SSSR count). The molecule has 6 heterocycles. The average molecular weight is 1990 g/mol. The van der Waals surface area contributed by atoms with Crippen LogP contribution in [-0.4, -0.2) is 319 Å². The van der Waals surface area contributed by atoms with E-state index in [1.165, 1.54) is 62.4 Å². The van der Waals surface area contributed by atoms with Crippen LogP contribution in [0.1, 0.15) is 149 Å². The van der Waals surface area contributed by atoms with Crippen LogP contribution in [0.25, 0.3) is 0 Å². The first kappa shape index (κ1) is 111. The number of ether oxygens (including phenoxy) is 28. The topological polar surface area (TPSA) is 556 Å². The van der Waals surface area contributed by atoms with Crippen molar-refractivity contribution in [3.63, 3.8) is 0 Å². The Morgan fingerprint density at radius 3 is 0.794 bits per heavy atom. The normalized spacial score (nSPS) is 30.6. The van der Waals surface area contributed by atoms with E-state index >= 15 is 0 Å². The summed E-state index contributed by atoms with van der Waals surface area (Å²) in [6, 6.07) is 28.4. The number of rotatable bonds is 42. The number of carbonyl (C=O) groups excluding carboxylic acids is 16. The van der Waals surface area contributed by atoms with Gasteiger partial charge in [0.1, 0.15) is 99.6 Å². The Labute approximate surface area is 809 Å². The number of nitrogens with one attached hydrogen (secondary N) is 2. The lowest BCUT2D eigenvalue weighted by atomic mass is 9.94. The molecular weight excluding hydrogens is 1870 g/mol. The lowest BCUT2D eigenvalue weighted by Gasteiger charge is -2.51. The minimum atomic E-state index is -2.15. The molecule has 0 unspecified atom stereocenters. The predicted octanol–water partition coefficient (Wildman–Crippen LogP) is 3.68. The third-order valence-corrected chi connectivity index (χ3v) is 22.0. The van der Waals surface area contributed by atoms with Gasteiger partial charge < -0.3 is 143 Å². The van der Waals surface area contributed by atoms with Gasteiger partial charge in [-0.25, -0.2) is 9.59 Å².